The second-order valence-corrected chi connectivity index (χ2v) is 10.0. The molecule has 2 aliphatic heterocycles. The molecule has 7 nitrogen and oxygen atoms in total. The molecule has 0 aromatic carbocycles. The lowest BCUT2D eigenvalue weighted by atomic mass is 9.95. The molecule has 2 unspecified atom stereocenters. The Hall–Kier alpha value is -1.87. The maximum Gasteiger partial charge on any atom is 0.223 e. The Labute approximate surface area is 205 Å². The molecule has 3 heterocycles. The van der Waals surface area contributed by atoms with Gasteiger partial charge < -0.3 is 20.7 Å². The normalized spacial score (nSPS) is 22.5. The average molecular weight is 516 g/mol. The predicted octanol–water partition coefficient (Wildman–Crippen LogP) is 3.98. The number of aromatic nitrogens is 1. The molecule has 2 atom stereocenters. The van der Waals surface area contributed by atoms with Gasteiger partial charge in [-0.05, 0) is 53.7 Å². The zero-order chi connectivity index (χ0) is 23.4. The van der Waals surface area contributed by atoms with Gasteiger partial charge in [0.1, 0.15) is 10.7 Å². The van der Waals surface area contributed by atoms with Gasteiger partial charge in [0.25, 0.3) is 0 Å². The van der Waals surface area contributed by atoms with Crippen LogP contribution in [0.5, 0.6) is 0 Å². The highest BCUT2D eigenvalue weighted by atomic mass is 79.9. The average Bonchev–Trinajstić information content (AvgIpc) is 3.21. The summed E-state index contributed by atoms with van der Waals surface area (Å²) in [6, 6.07) is 6.43. The molecule has 1 aliphatic carbocycles. The monoisotopic (exact) mass is 514 g/mol. The minimum Gasteiger partial charge on any atom is -0.367 e. The minimum absolute atomic E-state index is 0.231. The van der Waals surface area contributed by atoms with Crippen LogP contribution in [0.15, 0.2) is 56.2 Å². The summed E-state index contributed by atoms with van der Waals surface area (Å²) in [5.74, 6) is 1.23. The summed E-state index contributed by atoms with van der Waals surface area (Å²) in [5.41, 5.74) is 10.2. The van der Waals surface area contributed by atoms with Crippen LogP contribution in [0.4, 0.5) is 0 Å². The van der Waals surface area contributed by atoms with Crippen LogP contribution in [0.25, 0.3) is 0 Å². The summed E-state index contributed by atoms with van der Waals surface area (Å²) in [4.78, 5) is 16.9. The fourth-order valence-corrected chi connectivity index (χ4v) is 4.78. The standard InChI is InChI=1S/C25H35BrN6O/c1-4-33-24(21-9-6-10-22(26)29-21)18-7-5-8-20-23(18)31-25(30-20)28-17-11-13-32(14-12-17)15-19(27)16(2)3/h5-7,9-10,16-17,19,24H,4,8,11-15,27H2,1-3H3,(H,28,31). The molecular weight excluding hydrogens is 480 g/mol. The van der Waals surface area contributed by atoms with Crippen molar-refractivity contribution in [3.8, 4) is 0 Å². The van der Waals surface area contributed by atoms with Gasteiger partial charge in [0.05, 0.1) is 23.1 Å². The molecule has 1 aromatic rings. The van der Waals surface area contributed by atoms with Crippen molar-refractivity contribution in [1.82, 2.24) is 15.2 Å². The second kappa shape index (κ2) is 11.0. The SMILES string of the molecule is CCOC(C1=C2NC(=NC3CCN(CC(N)C(C)C)CC3)N=C2CC=C1)c1cccc(Br)n1. The number of nitrogens with one attached hydrogen (secondary N) is 1. The zero-order valence-corrected chi connectivity index (χ0v) is 21.4. The Morgan fingerprint density at radius 2 is 2.09 bits per heavy atom. The molecule has 3 aliphatic rings. The fraction of sp³-hybridized carbons (Fsp3) is 0.560. The van der Waals surface area contributed by atoms with Crippen molar-refractivity contribution in [2.45, 2.75) is 58.2 Å². The molecule has 33 heavy (non-hydrogen) atoms. The van der Waals surface area contributed by atoms with Crippen LogP contribution in [0, 0.1) is 5.92 Å². The molecule has 0 spiro atoms. The molecule has 3 N–H and O–H groups in total. The number of fused-ring (bicyclic) bond motifs is 1. The predicted molar refractivity (Wildman–Crippen MR) is 137 cm³/mol. The number of hydrogen-bond acceptors (Lipinski definition) is 5. The second-order valence-electron chi connectivity index (χ2n) is 9.23. The first-order chi connectivity index (χ1) is 15.9. The Balaban J connectivity index is 1.47. The van der Waals surface area contributed by atoms with Crippen LogP contribution in [0.2, 0.25) is 0 Å². The number of nitrogens with zero attached hydrogens (tertiary/aromatic N) is 4. The molecule has 0 bridgehead atoms. The zero-order valence-electron chi connectivity index (χ0n) is 19.8. The van der Waals surface area contributed by atoms with Crippen LogP contribution in [-0.2, 0) is 4.74 Å². The Morgan fingerprint density at radius 1 is 1.30 bits per heavy atom. The third-order valence-corrected chi connectivity index (χ3v) is 6.91. The van der Waals surface area contributed by atoms with E-state index in [1.807, 2.05) is 25.1 Å². The maximum atomic E-state index is 6.26. The lowest BCUT2D eigenvalue weighted by molar-refractivity contribution is 0.0871. The Kier molecular flexibility index (Phi) is 8.11. The van der Waals surface area contributed by atoms with Crippen molar-refractivity contribution in [2.24, 2.45) is 21.6 Å². The highest BCUT2D eigenvalue weighted by Crippen LogP contribution is 2.33. The molecule has 1 fully saturated rings. The largest absolute Gasteiger partial charge is 0.367 e. The number of likely N-dealkylation sites (tertiary alicyclic amines) is 1. The number of aliphatic imine (C=N–C) groups is 2. The summed E-state index contributed by atoms with van der Waals surface area (Å²) in [6.45, 7) is 10.0. The molecular formula is C25H35BrN6O. The van der Waals surface area contributed by atoms with E-state index >= 15 is 0 Å². The van der Waals surface area contributed by atoms with Crippen LogP contribution in [0.3, 0.4) is 0 Å². The number of rotatable bonds is 8. The molecule has 0 radical (unpaired) electrons. The maximum absolute atomic E-state index is 6.26. The van der Waals surface area contributed by atoms with Gasteiger partial charge in [-0.2, -0.15) is 0 Å². The van der Waals surface area contributed by atoms with Gasteiger partial charge in [0, 0.05) is 44.3 Å². The van der Waals surface area contributed by atoms with Crippen LogP contribution < -0.4 is 11.1 Å². The van der Waals surface area contributed by atoms with Gasteiger partial charge in [-0.1, -0.05) is 32.1 Å². The number of piperidine rings is 1. The van der Waals surface area contributed by atoms with Crippen molar-refractivity contribution < 1.29 is 4.74 Å². The number of guanidine groups is 1. The first kappa shape index (κ1) is 24.3. The lowest BCUT2D eigenvalue weighted by Crippen LogP contribution is -2.45. The first-order valence-corrected chi connectivity index (χ1v) is 12.8. The summed E-state index contributed by atoms with van der Waals surface area (Å²) in [5, 5.41) is 3.49. The molecule has 8 heteroatoms. The number of pyridine rings is 1. The van der Waals surface area contributed by atoms with Crippen molar-refractivity contribution >= 4 is 27.6 Å². The fourth-order valence-electron chi connectivity index (χ4n) is 4.43. The van der Waals surface area contributed by atoms with E-state index in [1.165, 1.54) is 0 Å². The molecule has 0 saturated carbocycles. The number of allylic oxidation sites excluding steroid dienone is 2. The summed E-state index contributed by atoms with van der Waals surface area (Å²) < 4.78 is 6.93. The van der Waals surface area contributed by atoms with Crippen LogP contribution >= 0.6 is 15.9 Å². The van der Waals surface area contributed by atoms with E-state index in [4.69, 9.17) is 20.5 Å². The quantitative estimate of drug-likeness (QED) is 0.512. The molecule has 0 amide bonds. The Morgan fingerprint density at radius 3 is 2.79 bits per heavy atom. The van der Waals surface area contributed by atoms with E-state index in [0.29, 0.717) is 12.5 Å². The van der Waals surface area contributed by atoms with Gasteiger partial charge >= 0.3 is 0 Å². The first-order valence-electron chi connectivity index (χ1n) is 12.0. The van der Waals surface area contributed by atoms with Gasteiger partial charge in [-0.25, -0.2) is 15.0 Å². The number of halogens is 1. The van der Waals surface area contributed by atoms with Crippen molar-refractivity contribution in [3.05, 3.63) is 51.9 Å². The van der Waals surface area contributed by atoms with Gasteiger partial charge in [-0.15, -0.1) is 0 Å². The van der Waals surface area contributed by atoms with Gasteiger partial charge in [0.15, 0.2) is 0 Å². The number of hydrogen-bond donors (Lipinski definition) is 2. The van der Waals surface area contributed by atoms with Crippen LogP contribution in [0.1, 0.15) is 51.8 Å². The summed E-state index contributed by atoms with van der Waals surface area (Å²) >= 11 is 3.48. The number of nitrogens with two attached hydrogens (primary N) is 1. The van der Waals surface area contributed by atoms with E-state index in [2.05, 4.69) is 57.1 Å². The molecule has 1 aromatic heterocycles. The molecule has 1 saturated heterocycles. The van der Waals surface area contributed by atoms with Crippen molar-refractivity contribution in [1.29, 1.82) is 0 Å². The smallest absolute Gasteiger partial charge is 0.223 e. The van der Waals surface area contributed by atoms with Gasteiger partial charge in [-0.3, -0.25) is 0 Å². The van der Waals surface area contributed by atoms with Crippen molar-refractivity contribution in [2.75, 3.05) is 26.2 Å². The van der Waals surface area contributed by atoms with Crippen LogP contribution in [-0.4, -0.2) is 59.9 Å². The third kappa shape index (κ3) is 5.98. The van der Waals surface area contributed by atoms with Crippen molar-refractivity contribution in [3.63, 3.8) is 0 Å². The summed E-state index contributed by atoms with van der Waals surface area (Å²) in [6.07, 6.45) is 6.88. The Bertz CT molecular complexity index is 961. The lowest BCUT2D eigenvalue weighted by Gasteiger charge is -2.33. The molecule has 178 valence electrons. The van der Waals surface area contributed by atoms with E-state index in [0.717, 1.165) is 72.1 Å². The topological polar surface area (TPSA) is 88.1 Å². The van der Waals surface area contributed by atoms with Gasteiger partial charge in [0.2, 0.25) is 5.96 Å². The van der Waals surface area contributed by atoms with E-state index < -0.39 is 0 Å². The number of ether oxygens (including phenoxy) is 1. The third-order valence-electron chi connectivity index (χ3n) is 6.47. The minimum atomic E-state index is -0.260. The van der Waals surface area contributed by atoms with E-state index in [1.54, 1.807) is 0 Å². The summed E-state index contributed by atoms with van der Waals surface area (Å²) in [7, 11) is 0. The highest BCUT2D eigenvalue weighted by molar-refractivity contribution is 9.10. The molecule has 4 rings (SSSR count). The highest BCUT2D eigenvalue weighted by Gasteiger charge is 2.30. The van der Waals surface area contributed by atoms with E-state index in [-0.39, 0.29) is 18.2 Å². The van der Waals surface area contributed by atoms with E-state index in [9.17, 15) is 0 Å².